The second-order valence-electron chi connectivity index (χ2n) is 6.27. The lowest BCUT2D eigenvalue weighted by atomic mass is 10.2. The van der Waals surface area contributed by atoms with E-state index in [0.29, 0.717) is 30.4 Å². The number of rotatable bonds is 7. The summed E-state index contributed by atoms with van der Waals surface area (Å²) in [5, 5.41) is 28.0. The summed E-state index contributed by atoms with van der Waals surface area (Å²) >= 11 is 1.59. The summed E-state index contributed by atoms with van der Waals surface area (Å²) < 4.78 is 6.35. The molecule has 0 amide bonds. The molecular weight excluding hydrogens is 501 g/mol. The van der Waals surface area contributed by atoms with Crippen LogP contribution in [-0.2, 0) is 6.54 Å². The van der Waals surface area contributed by atoms with Gasteiger partial charge in [-0.1, -0.05) is 18.2 Å². The number of aliphatic imine (C=N–C) groups is 1. The number of halogens is 1. The molecule has 3 rings (SSSR count). The molecule has 0 saturated carbocycles. The molecule has 29 heavy (non-hydrogen) atoms. The van der Waals surface area contributed by atoms with Crippen molar-refractivity contribution in [3.05, 3.63) is 59.0 Å². The van der Waals surface area contributed by atoms with Gasteiger partial charge in [-0.15, -0.1) is 35.3 Å². The molecule has 1 unspecified atom stereocenters. The quantitative estimate of drug-likeness (QED) is 0.212. The van der Waals surface area contributed by atoms with E-state index in [1.807, 2.05) is 31.2 Å². The second-order valence-corrected chi connectivity index (χ2v) is 7.39. The highest BCUT2D eigenvalue weighted by Gasteiger charge is 2.12. The largest absolute Gasteiger partial charge is 0.508 e. The van der Waals surface area contributed by atoms with Gasteiger partial charge in [0.1, 0.15) is 17.6 Å². The van der Waals surface area contributed by atoms with E-state index in [0.717, 1.165) is 15.0 Å². The molecule has 0 aliphatic carbocycles. The number of nitrogens with zero attached hydrogens (tertiary/aromatic N) is 1. The smallest absolute Gasteiger partial charge is 0.191 e. The predicted molar refractivity (Wildman–Crippen MR) is 130 cm³/mol. The minimum atomic E-state index is -0.633. The standard InChI is InChI=1S/C21H25N3O3S.HI/c1-3-22-21(23-12-15-10-16(27-2)8-9-17(15)25)24-13-18(26)20-11-14-6-4-5-7-19(14)28-20;/h4-11,18,25-26H,3,12-13H2,1-2H3,(H2,22,23,24);1H. The molecular formula is C21H26IN3O3S. The minimum Gasteiger partial charge on any atom is -0.508 e. The third-order valence-electron chi connectivity index (χ3n) is 4.27. The van der Waals surface area contributed by atoms with Crippen LogP contribution >= 0.6 is 35.3 Å². The zero-order chi connectivity index (χ0) is 19.9. The van der Waals surface area contributed by atoms with Crippen LogP contribution in [0.2, 0.25) is 0 Å². The molecule has 0 spiro atoms. The van der Waals surface area contributed by atoms with Crippen molar-refractivity contribution in [1.82, 2.24) is 10.6 Å². The van der Waals surface area contributed by atoms with Gasteiger partial charge < -0.3 is 25.6 Å². The second kappa shape index (κ2) is 11.2. The summed E-state index contributed by atoms with van der Waals surface area (Å²) in [6, 6.07) is 15.2. The van der Waals surface area contributed by atoms with Crippen LogP contribution in [0.5, 0.6) is 11.5 Å². The summed E-state index contributed by atoms with van der Waals surface area (Å²) in [5.74, 6) is 1.41. The first-order chi connectivity index (χ1) is 13.6. The first-order valence-corrected chi connectivity index (χ1v) is 9.97. The average Bonchev–Trinajstić information content (AvgIpc) is 3.15. The van der Waals surface area contributed by atoms with E-state index in [1.54, 1.807) is 36.6 Å². The number of fused-ring (bicyclic) bond motifs is 1. The number of aliphatic hydroxyl groups is 1. The number of benzene rings is 2. The van der Waals surface area contributed by atoms with Gasteiger partial charge in [-0.2, -0.15) is 0 Å². The van der Waals surface area contributed by atoms with Crippen molar-refractivity contribution in [2.75, 3.05) is 20.2 Å². The molecule has 0 saturated heterocycles. The van der Waals surface area contributed by atoms with Crippen LogP contribution in [0.25, 0.3) is 10.1 Å². The number of thiophene rings is 1. The maximum Gasteiger partial charge on any atom is 0.191 e. The highest BCUT2D eigenvalue weighted by molar-refractivity contribution is 14.0. The first kappa shape index (κ1) is 23.2. The fourth-order valence-corrected chi connectivity index (χ4v) is 3.83. The maximum absolute atomic E-state index is 10.5. The average molecular weight is 527 g/mol. The number of phenolic OH excluding ortho intramolecular Hbond substituents is 1. The van der Waals surface area contributed by atoms with Crippen molar-refractivity contribution >= 4 is 51.4 Å². The van der Waals surface area contributed by atoms with E-state index in [9.17, 15) is 10.2 Å². The third-order valence-corrected chi connectivity index (χ3v) is 5.49. The van der Waals surface area contributed by atoms with E-state index < -0.39 is 6.10 Å². The minimum absolute atomic E-state index is 0. The van der Waals surface area contributed by atoms with Gasteiger partial charge in [-0.3, -0.25) is 0 Å². The molecule has 2 aromatic carbocycles. The Morgan fingerprint density at radius 1 is 1.17 bits per heavy atom. The highest BCUT2D eigenvalue weighted by Crippen LogP contribution is 2.29. The number of aromatic hydroxyl groups is 1. The Kier molecular flexibility index (Phi) is 8.99. The van der Waals surface area contributed by atoms with Crippen molar-refractivity contribution in [3.63, 3.8) is 0 Å². The molecule has 1 heterocycles. The Morgan fingerprint density at radius 2 is 1.97 bits per heavy atom. The van der Waals surface area contributed by atoms with Gasteiger partial charge in [-0.05, 0) is 42.6 Å². The predicted octanol–water partition coefficient (Wildman–Crippen LogP) is 4.02. The number of phenols is 1. The van der Waals surface area contributed by atoms with Gasteiger partial charge in [-0.25, -0.2) is 4.99 Å². The third kappa shape index (κ3) is 6.22. The molecule has 0 bridgehead atoms. The summed E-state index contributed by atoms with van der Waals surface area (Å²) in [6.07, 6.45) is -0.633. The van der Waals surface area contributed by atoms with Crippen LogP contribution < -0.4 is 15.4 Å². The fraction of sp³-hybridized carbons (Fsp3) is 0.286. The summed E-state index contributed by atoms with van der Waals surface area (Å²) in [7, 11) is 1.58. The van der Waals surface area contributed by atoms with Crippen LogP contribution in [0, 0.1) is 0 Å². The van der Waals surface area contributed by atoms with Crippen LogP contribution in [0.1, 0.15) is 23.5 Å². The Morgan fingerprint density at radius 3 is 2.69 bits per heavy atom. The molecule has 6 nitrogen and oxygen atoms in total. The molecule has 1 atom stereocenters. The molecule has 1 aromatic heterocycles. The van der Waals surface area contributed by atoms with Crippen LogP contribution in [0.15, 0.2) is 53.5 Å². The molecule has 156 valence electrons. The zero-order valence-electron chi connectivity index (χ0n) is 16.4. The van der Waals surface area contributed by atoms with Gasteiger partial charge in [0, 0.05) is 28.2 Å². The van der Waals surface area contributed by atoms with Crippen LogP contribution in [-0.4, -0.2) is 36.4 Å². The van der Waals surface area contributed by atoms with Gasteiger partial charge in [0.2, 0.25) is 0 Å². The Labute approximate surface area is 191 Å². The number of hydrogen-bond acceptors (Lipinski definition) is 5. The lowest BCUT2D eigenvalue weighted by molar-refractivity contribution is 0.184. The van der Waals surface area contributed by atoms with Gasteiger partial charge >= 0.3 is 0 Å². The van der Waals surface area contributed by atoms with Gasteiger partial charge in [0.05, 0.1) is 13.7 Å². The van der Waals surface area contributed by atoms with E-state index in [4.69, 9.17) is 4.74 Å². The molecule has 3 aromatic rings. The lowest BCUT2D eigenvalue weighted by Crippen LogP contribution is -2.39. The number of methoxy groups -OCH3 is 1. The number of guanidine groups is 1. The van der Waals surface area contributed by atoms with E-state index in [-0.39, 0.29) is 36.3 Å². The van der Waals surface area contributed by atoms with Crippen LogP contribution in [0.4, 0.5) is 0 Å². The topological polar surface area (TPSA) is 86.1 Å². The monoisotopic (exact) mass is 527 g/mol. The van der Waals surface area contributed by atoms with E-state index >= 15 is 0 Å². The lowest BCUT2D eigenvalue weighted by Gasteiger charge is -2.14. The molecule has 8 heteroatoms. The van der Waals surface area contributed by atoms with Gasteiger partial charge in [0.25, 0.3) is 0 Å². The van der Waals surface area contributed by atoms with E-state index in [2.05, 4.69) is 21.7 Å². The van der Waals surface area contributed by atoms with Crippen LogP contribution in [0.3, 0.4) is 0 Å². The van der Waals surface area contributed by atoms with Crippen molar-refractivity contribution < 1.29 is 14.9 Å². The normalized spacial score (nSPS) is 12.3. The Balaban J connectivity index is 0.00000300. The number of nitrogens with one attached hydrogen (secondary N) is 2. The molecule has 0 aliphatic rings. The molecule has 4 N–H and O–H groups in total. The summed E-state index contributed by atoms with van der Waals surface area (Å²) in [6.45, 7) is 3.29. The first-order valence-electron chi connectivity index (χ1n) is 9.15. The highest BCUT2D eigenvalue weighted by atomic mass is 127. The molecule has 0 fully saturated rings. The molecule has 0 aliphatic heterocycles. The summed E-state index contributed by atoms with van der Waals surface area (Å²) in [4.78, 5) is 5.41. The van der Waals surface area contributed by atoms with Crippen molar-refractivity contribution in [2.24, 2.45) is 4.99 Å². The molecule has 0 radical (unpaired) electrons. The zero-order valence-corrected chi connectivity index (χ0v) is 19.5. The summed E-state index contributed by atoms with van der Waals surface area (Å²) in [5.41, 5.74) is 0.668. The maximum atomic E-state index is 10.5. The number of aliphatic hydroxyl groups excluding tert-OH is 1. The van der Waals surface area contributed by atoms with Crippen molar-refractivity contribution in [2.45, 2.75) is 19.6 Å². The van der Waals surface area contributed by atoms with Gasteiger partial charge in [0.15, 0.2) is 5.96 Å². The van der Waals surface area contributed by atoms with E-state index in [1.165, 1.54) is 0 Å². The fourth-order valence-electron chi connectivity index (χ4n) is 2.78. The Hall–Kier alpha value is -2.04. The number of hydrogen-bond donors (Lipinski definition) is 4. The Bertz CT molecular complexity index is 928. The number of ether oxygens (including phenoxy) is 1. The van der Waals surface area contributed by atoms with Crippen molar-refractivity contribution in [3.8, 4) is 11.5 Å². The van der Waals surface area contributed by atoms with Crippen molar-refractivity contribution in [1.29, 1.82) is 0 Å². The SMILES string of the molecule is CCNC(=NCc1cc(OC)ccc1O)NCC(O)c1cc2ccccc2s1.I.